The molecule has 3 rings (SSSR count). The molecule has 2 nitrogen and oxygen atoms in total. The normalized spacial score (nSPS) is 12.7. The minimum atomic E-state index is -0.279. The van der Waals surface area contributed by atoms with Gasteiger partial charge in [0.15, 0.2) is 0 Å². The summed E-state index contributed by atoms with van der Waals surface area (Å²) in [5, 5.41) is 1.44. The molecule has 21 heavy (non-hydrogen) atoms. The number of benzene rings is 2. The van der Waals surface area contributed by atoms with E-state index in [2.05, 4.69) is 0 Å². The van der Waals surface area contributed by atoms with Crippen LogP contribution in [0.5, 0.6) is 0 Å². The highest BCUT2D eigenvalue weighted by Crippen LogP contribution is 2.28. The Labute approximate surface area is 131 Å². The Morgan fingerprint density at radius 3 is 2.67 bits per heavy atom. The third-order valence-corrected chi connectivity index (χ3v) is 4.49. The summed E-state index contributed by atoms with van der Waals surface area (Å²) in [7, 11) is 0. The molecule has 3 aromatic rings. The van der Waals surface area contributed by atoms with Crippen molar-refractivity contribution in [2.45, 2.75) is 10.9 Å². The van der Waals surface area contributed by atoms with Gasteiger partial charge in [-0.15, -0.1) is 11.8 Å². The van der Waals surface area contributed by atoms with Crippen molar-refractivity contribution in [2.75, 3.05) is 5.75 Å². The largest absolute Gasteiger partial charge is 0.459 e. The number of rotatable bonds is 4. The number of nitrogens with two attached hydrogens (primary N) is 1. The highest BCUT2D eigenvalue weighted by molar-refractivity contribution is 7.99. The van der Waals surface area contributed by atoms with Crippen molar-refractivity contribution in [3.63, 3.8) is 0 Å². The van der Waals surface area contributed by atoms with Crippen molar-refractivity contribution >= 4 is 34.3 Å². The third-order valence-electron chi connectivity index (χ3n) is 3.11. The van der Waals surface area contributed by atoms with Gasteiger partial charge >= 0.3 is 0 Å². The molecule has 0 radical (unpaired) electrons. The highest BCUT2D eigenvalue weighted by Gasteiger charge is 2.13. The average molecular weight is 322 g/mol. The van der Waals surface area contributed by atoms with Gasteiger partial charge in [0.25, 0.3) is 0 Å². The predicted molar refractivity (Wildman–Crippen MR) is 85.3 cm³/mol. The molecule has 2 aromatic carbocycles. The first-order valence-corrected chi connectivity index (χ1v) is 7.81. The average Bonchev–Trinajstić information content (AvgIpc) is 2.89. The van der Waals surface area contributed by atoms with E-state index >= 15 is 0 Å². The zero-order valence-corrected chi connectivity index (χ0v) is 12.6. The SMILES string of the molecule is NC(CSc1ccc(Cl)cc1)c1cc2cc(F)ccc2o1. The first kappa shape index (κ1) is 14.4. The Kier molecular flexibility index (Phi) is 4.19. The van der Waals surface area contributed by atoms with E-state index in [4.69, 9.17) is 21.8 Å². The molecule has 0 amide bonds. The maximum atomic E-state index is 13.2. The molecule has 0 fully saturated rings. The maximum absolute atomic E-state index is 13.2. The van der Waals surface area contributed by atoms with Crippen LogP contribution in [0.15, 0.2) is 57.8 Å². The number of hydrogen-bond acceptors (Lipinski definition) is 3. The van der Waals surface area contributed by atoms with Crippen LogP contribution in [0.25, 0.3) is 11.0 Å². The van der Waals surface area contributed by atoms with E-state index < -0.39 is 0 Å². The Hall–Kier alpha value is -1.49. The number of thioether (sulfide) groups is 1. The molecule has 108 valence electrons. The fourth-order valence-electron chi connectivity index (χ4n) is 2.02. The van der Waals surface area contributed by atoms with Gasteiger partial charge in [0, 0.05) is 21.1 Å². The van der Waals surface area contributed by atoms with Gasteiger partial charge in [0.05, 0.1) is 6.04 Å². The van der Waals surface area contributed by atoms with E-state index in [1.165, 1.54) is 12.1 Å². The summed E-state index contributed by atoms with van der Waals surface area (Å²) in [4.78, 5) is 1.09. The van der Waals surface area contributed by atoms with E-state index in [1.807, 2.05) is 24.3 Å². The summed E-state index contributed by atoms with van der Waals surface area (Å²) in [6.07, 6.45) is 0. The number of fused-ring (bicyclic) bond motifs is 1. The summed E-state index contributed by atoms with van der Waals surface area (Å²) in [5.74, 6) is 1.06. The maximum Gasteiger partial charge on any atom is 0.134 e. The first-order chi connectivity index (χ1) is 10.1. The van der Waals surface area contributed by atoms with Gasteiger partial charge in [0.2, 0.25) is 0 Å². The molecule has 1 aromatic heterocycles. The van der Waals surface area contributed by atoms with Crippen LogP contribution in [-0.2, 0) is 0 Å². The Morgan fingerprint density at radius 2 is 1.90 bits per heavy atom. The van der Waals surface area contributed by atoms with Gasteiger partial charge in [-0.1, -0.05) is 11.6 Å². The van der Waals surface area contributed by atoms with Crippen molar-refractivity contribution in [3.05, 3.63) is 65.1 Å². The molecule has 0 aliphatic carbocycles. The molecule has 0 bridgehead atoms. The van der Waals surface area contributed by atoms with Gasteiger partial charge in [-0.2, -0.15) is 0 Å². The van der Waals surface area contributed by atoms with E-state index in [1.54, 1.807) is 23.9 Å². The van der Waals surface area contributed by atoms with Crippen LogP contribution in [0.2, 0.25) is 5.02 Å². The smallest absolute Gasteiger partial charge is 0.134 e. The second-order valence-electron chi connectivity index (χ2n) is 4.70. The number of halogens is 2. The van der Waals surface area contributed by atoms with Crippen molar-refractivity contribution in [1.29, 1.82) is 0 Å². The molecule has 2 N–H and O–H groups in total. The van der Waals surface area contributed by atoms with Crippen LogP contribution in [0.1, 0.15) is 11.8 Å². The lowest BCUT2D eigenvalue weighted by molar-refractivity contribution is 0.515. The van der Waals surface area contributed by atoms with Gasteiger partial charge < -0.3 is 10.2 Å². The zero-order valence-electron chi connectivity index (χ0n) is 11.1. The topological polar surface area (TPSA) is 39.2 Å². The molecular formula is C16H13ClFNOS. The lowest BCUT2D eigenvalue weighted by Crippen LogP contribution is -2.11. The van der Waals surface area contributed by atoms with Gasteiger partial charge in [-0.25, -0.2) is 4.39 Å². The van der Waals surface area contributed by atoms with Crippen molar-refractivity contribution < 1.29 is 8.81 Å². The highest BCUT2D eigenvalue weighted by atomic mass is 35.5. The van der Waals surface area contributed by atoms with Crippen LogP contribution >= 0.6 is 23.4 Å². The fourth-order valence-corrected chi connectivity index (χ4v) is 3.01. The summed E-state index contributed by atoms with van der Waals surface area (Å²) in [6, 6.07) is 13.6. The fraction of sp³-hybridized carbons (Fsp3) is 0.125. The Morgan fingerprint density at radius 1 is 1.14 bits per heavy atom. The molecule has 0 aliphatic heterocycles. The zero-order chi connectivity index (χ0) is 14.8. The van der Waals surface area contributed by atoms with Crippen molar-refractivity contribution in [2.24, 2.45) is 5.73 Å². The molecule has 5 heteroatoms. The summed E-state index contributed by atoms with van der Waals surface area (Å²) in [5.41, 5.74) is 6.79. The lowest BCUT2D eigenvalue weighted by Gasteiger charge is -2.08. The summed E-state index contributed by atoms with van der Waals surface area (Å²) >= 11 is 7.48. The molecule has 1 atom stereocenters. The van der Waals surface area contributed by atoms with Crippen molar-refractivity contribution in [1.82, 2.24) is 0 Å². The van der Waals surface area contributed by atoms with Gasteiger partial charge in [-0.3, -0.25) is 0 Å². The standard InChI is InChI=1S/C16H13ClFNOS/c17-11-1-4-13(5-2-11)21-9-14(19)16-8-10-7-12(18)3-6-15(10)20-16/h1-8,14H,9,19H2. The van der Waals surface area contributed by atoms with Crippen LogP contribution in [0.4, 0.5) is 4.39 Å². The number of furan rings is 1. The van der Waals surface area contributed by atoms with Gasteiger partial charge in [0.1, 0.15) is 17.2 Å². The van der Waals surface area contributed by atoms with Gasteiger partial charge in [-0.05, 0) is 48.5 Å². The van der Waals surface area contributed by atoms with Crippen LogP contribution in [0.3, 0.4) is 0 Å². The van der Waals surface area contributed by atoms with Crippen LogP contribution < -0.4 is 5.73 Å². The van der Waals surface area contributed by atoms with Crippen LogP contribution in [-0.4, -0.2) is 5.75 Å². The van der Waals surface area contributed by atoms with Crippen molar-refractivity contribution in [3.8, 4) is 0 Å². The third kappa shape index (κ3) is 3.40. The van der Waals surface area contributed by atoms with Crippen LogP contribution in [0, 0.1) is 5.82 Å². The van der Waals surface area contributed by atoms with E-state index in [9.17, 15) is 4.39 Å². The Bertz CT molecular complexity index is 757. The summed E-state index contributed by atoms with van der Waals surface area (Å²) in [6.45, 7) is 0. The quantitative estimate of drug-likeness (QED) is 0.686. The lowest BCUT2D eigenvalue weighted by atomic mass is 10.2. The molecule has 0 aliphatic rings. The summed E-state index contributed by atoms with van der Waals surface area (Å²) < 4.78 is 18.8. The number of hydrogen-bond donors (Lipinski definition) is 1. The minimum Gasteiger partial charge on any atom is -0.459 e. The molecule has 1 unspecified atom stereocenters. The first-order valence-electron chi connectivity index (χ1n) is 6.45. The molecule has 0 spiro atoms. The monoisotopic (exact) mass is 321 g/mol. The van der Waals surface area contributed by atoms with E-state index in [0.717, 1.165) is 10.3 Å². The molecule has 0 saturated heterocycles. The Balaban J connectivity index is 1.71. The minimum absolute atomic E-state index is 0.249. The molecule has 0 saturated carbocycles. The molecular weight excluding hydrogens is 309 g/mol. The second kappa shape index (κ2) is 6.10. The van der Waals surface area contributed by atoms with E-state index in [0.29, 0.717) is 22.1 Å². The predicted octanol–water partition coefficient (Wildman–Crippen LogP) is 5.02. The second-order valence-corrected chi connectivity index (χ2v) is 6.23. The molecule has 1 heterocycles. The van der Waals surface area contributed by atoms with E-state index in [-0.39, 0.29) is 11.9 Å².